The third-order valence-electron chi connectivity index (χ3n) is 15.8. The van der Waals surface area contributed by atoms with Crippen LogP contribution in [0.5, 0.6) is 0 Å². The maximum Gasteiger partial charge on any atom is 0.306 e. The molecule has 448 valence electrons. The topological polar surface area (TPSA) is 226 Å². The number of carbonyl (C=O) groups excluding carboxylic acids is 8. The Balaban J connectivity index is 1.37. The first-order valence-electron chi connectivity index (χ1n) is 29.1. The lowest BCUT2D eigenvalue weighted by molar-refractivity contribution is -0.152. The number of nitrogens with zero attached hydrogens (tertiary/aromatic N) is 5. The van der Waals surface area contributed by atoms with E-state index in [0.717, 1.165) is 5.56 Å². The number of hydrogen-bond donors (Lipinski definition) is 3. The Hall–Kier alpha value is -6.31. The highest BCUT2D eigenvalue weighted by molar-refractivity contribution is 6.12. The van der Waals surface area contributed by atoms with Crippen LogP contribution >= 0.6 is 0 Å². The van der Waals surface area contributed by atoms with Crippen LogP contribution < -0.4 is 16.1 Å². The van der Waals surface area contributed by atoms with Crippen LogP contribution in [-0.4, -0.2) is 164 Å². The summed E-state index contributed by atoms with van der Waals surface area (Å²) in [5, 5.41) is 10.6. The molecule has 19 heteroatoms. The van der Waals surface area contributed by atoms with Crippen LogP contribution in [0.1, 0.15) is 150 Å². The van der Waals surface area contributed by atoms with Crippen molar-refractivity contribution in [3.63, 3.8) is 0 Å². The van der Waals surface area contributed by atoms with Crippen molar-refractivity contribution in [1.82, 2.24) is 35.7 Å². The molecular formula is C62H94N8O11. The van der Waals surface area contributed by atoms with E-state index in [1.807, 2.05) is 121 Å². The van der Waals surface area contributed by atoms with Gasteiger partial charge in [0.1, 0.15) is 12.1 Å². The summed E-state index contributed by atoms with van der Waals surface area (Å²) in [5.41, 5.74) is 4.87. The fourth-order valence-corrected chi connectivity index (χ4v) is 11.2. The lowest BCUT2D eigenvalue weighted by Gasteiger charge is -2.41. The van der Waals surface area contributed by atoms with Crippen molar-refractivity contribution in [1.29, 1.82) is 0 Å². The predicted molar refractivity (Wildman–Crippen MR) is 312 cm³/mol. The first-order chi connectivity index (χ1) is 38.6. The molecule has 0 spiro atoms. The number of rotatable bonds is 34. The summed E-state index contributed by atoms with van der Waals surface area (Å²) in [5.74, 6) is -3.32. The van der Waals surface area contributed by atoms with Gasteiger partial charge in [0.05, 0.1) is 54.4 Å². The van der Waals surface area contributed by atoms with Crippen LogP contribution in [0, 0.1) is 23.7 Å². The van der Waals surface area contributed by atoms with Crippen molar-refractivity contribution in [2.75, 3.05) is 48.5 Å². The van der Waals surface area contributed by atoms with E-state index in [4.69, 9.17) is 14.2 Å². The Morgan fingerprint density at radius 2 is 1.36 bits per heavy atom. The fraction of sp³-hybridized carbons (Fsp3) is 0.629. The van der Waals surface area contributed by atoms with Gasteiger partial charge in [0.2, 0.25) is 29.5 Å². The molecule has 4 rings (SSSR count). The van der Waals surface area contributed by atoms with E-state index < -0.39 is 60.4 Å². The zero-order chi connectivity index (χ0) is 59.9. The highest BCUT2D eigenvalue weighted by atomic mass is 16.5. The van der Waals surface area contributed by atoms with Gasteiger partial charge in [-0.05, 0) is 94.8 Å². The summed E-state index contributed by atoms with van der Waals surface area (Å²) in [6.07, 6.45) is 5.97. The summed E-state index contributed by atoms with van der Waals surface area (Å²) >= 11 is 0. The second-order valence-corrected chi connectivity index (χ2v) is 22.7. The van der Waals surface area contributed by atoms with Crippen molar-refractivity contribution in [3.05, 3.63) is 83.9 Å². The van der Waals surface area contributed by atoms with Gasteiger partial charge in [0.15, 0.2) is 0 Å². The number of imide groups is 1. The molecule has 7 amide bonds. The summed E-state index contributed by atoms with van der Waals surface area (Å²) < 4.78 is 18.3. The molecule has 2 aliphatic heterocycles. The van der Waals surface area contributed by atoms with Crippen molar-refractivity contribution in [2.24, 2.45) is 28.8 Å². The van der Waals surface area contributed by atoms with Crippen LogP contribution in [0.2, 0.25) is 0 Å². The number of unbranched alkanes of at least 4 members (excludes halogenated alkanes) is 3. The first kappa shape index (κ1) is 67.2. The van der Waals surface area contributed by atoms with Crippen LogP contribution in [0.25, 0.3) is 0 Å². The number of amides is 7. The fourth-order valence-electron chi connectivity index (χ4n) is 11.2. The molecule has 2 aromatic rings. The first-order valence-corrected chi connectivity index (χ1v) is 29.1. The number of methoxy groups -OCH3 is 2. The lowest BCUT2D eigenvalue weighted by Crippen LogP contribution is -2.59. The third kappa shape index (κ3) is 19.7. The SMILES string of the molecule is CC[C@H](C)[C@@H]([C@@H](CC(=O)N1CCC[C@H]1[C@H](OC)[C@@H](C)C(=O)N[C@H](C)C(OC(=O)CCCCC(=NNC(=O)CCCCCN1C(=O)C=CC1=O)c1ccccc1)c1ccccc1)OC)N(C)C(=O)[C@@H](NC(=O)[C@H](C(C)C)N(C)C)C(C)C. The second-order valence-electron chi connectivity index (χ2n) is 22.7. The molecule has 10 atom stereocenters. The molecule has 1 fully saturated rings. The van der Waals surface area contributed by atoms with Crippen molar-refractivity contribution in [2.45, 2.75) is 181 Å². The van der Waals surface area contributed by atoms with Gasteiger partial charge in [-0.15, -0.1) is 0 Å². The standard InChI is InChI=1S/C62H94N8O11/c1-14-42(6)57(68(11)62(78)55(40(2)3)64-61(77)56(41(4)5)67(9)10)49(79-12)39-53(74)69-38-26-32-48(69)58(80-13)43(7)60(76)63-44(8)59(46-29-20-16-21-30-46)81-54(75)34-24-23-31-47(45-27-18-15-19-28-45)65-66-50(71)33-22-17-25-37-70-51(72)35-36-52(70)73/h15-16,18-21,27-30,35-36,40-44,48-49,55-59H,14,17,22-26,31-34,37-39H2,1-13H3,(H,63,76)(H,64,77)(H,66,71)/t42-,43+,44+,48-,49+,55-,56-,57-,58+,59?/m0/s1. The third-order valence-corrected chi connectivity index (χ3v) is 15.8. The molecule has 3 N–H and O–H groups in total. The lowest BCUT2D eigenvalue weighted by atomic mass is 9.89. The average molecular weight is 1130 g/mol. The van der Waals surface area contributed by atoms with E-state index >= 15 is 0 Å². The molecule has 81 heavy (non-hydrogen) atoms. The molecule has 2 aliphatic rings. The van der Waals surface area contributed by atoms with Crippen LogP contribution in [0.3, 0.4) is 0 Å². The minimum Gasteiger partial charge on any atom is -0.455 e. The predicted octanol–water partition coefficient (Wildman–Crippen LogP) is 6.99. The molecule has 0 aliphatic carbocycles. The maximum absolute atomic E-state index is 14.5. The highest BCUT2D eigenvalue weighted by Crippen LogP contribution is 2.31. The van der Waals surface area contributed by atoms with E-state index in [1.54, 1.807) is 37.8 Å². The van der Waals surface area contributed by atoms with Crippen LogP contribution in [0.15, 0.2) is 77.9 Å². The number of ether oxygens (including phenoxy) is 3. The largest absolute Gasteiger partial charge is 0.455 e. The number of hydrazone groups is 1. The zero-order valence-electron chi connectivity index (χ0n) is 50.5. The minimum atomic E-state index is -0.823. The number of benzene rings is 2. The zero-order valence-corrected chi connectivity index (χ0v) is 50.5. The minimum absolute atomic E-state index is 0.0151. The number of esters is 1. The van der Waals surface area contributed by atoms with E-state index in [2.05, 4.69) is 21.2 Å². The quantitative estimate of drug-likeness (QED) is 0.0212. The van der Waals surface area contributed by atoms with Crippen LogP contribution in [0.4, 0.5) is 0 Å². The Labute approximate surface area is 481 Å². The van der Waals surface area contributed by atoms with Crippen molar-refractivity contribution < 1.29 is 52.6 Å². The Bertz CT molecular complexity index is 2410. The summed E-state index contributed by atoms with van der Waals surface area (Å²) in [7, 11) is 8.50. The van der Waals surface area contributed by atoms with Gasteiger partial charge in [-0.3, -0.25) is 48.2 Å². The van der Waals surface area contributed by atoms with Gasteiger partial charge in [0.25, 0.3) is 11.8 Å². The van der Waals surface area contributed by atoms with Crippen LogP contribution in [-0.2, 0) is 52.6 Å². The molecule has 1 unspecified atom stereocenters. The van der Waals surface area contributed by atoms with Gasteiger partial charge in [0, 0.05) is 59.4 Å². The van der Waals surface area contributed by atoms with Gasteiger partial charge in [-0.2, -0.15) is 5.10 Å². The normalized spacial score (nSPS) is 18.0. The Morgan fingerprint density at radius 1 is 0.741 bits per heavy atom. The number of nitrogens with one attached hydrogen (secondary N) is 3. The molecule has 2 aromatic carbocycles. The molecule has 1 saturated heterocycles. The van der Waals surface area contributed by atoms with E-state index in [9.17, 15) is 38.4 Å². The van der Waals surface area contributed by atoms with E-state index in [0.29, 0.717) is 82.2 Å². The molecule has 0 radical (unpaired) electrons. The summed E-state index contributed by atoms with van der Waals surface area (Å²) in [6.45, 7) is 16.1. The second kappa shape index (κ2) is 33.6. The number of likely N-dealkylation sites (tertiary alicyclic amines) is 1. The molecule has 0 bridgehead atoms. The molecule has 2 heterocycles. The smallest absolute Gasteiger partial charge is 0.306 e. The van der Waals surface area contributed by atoms with Gasteiger partial charge in [-0.25, -0.2) is 5.43 Å². The molecule has 19 nitrogen and oxygen atoms in total. The average Bonchev–Trinajstić information content (AvgIpc) is 4.11. The Kier molecular flexibility index (Phi) is 27.9. The monoisotopic (exact) mass is 1130 g/mol. The van der Waals surface area contributed by atoms with Crippen molar-refractivity contribution >= 4 is 53.0 Å². The van der Waals surface area contributed by atoms with Gasteiger partial charge in [-0.1, -0.05) is 122 Å². The maximum atomic E-state index is 14.5. The molecule has 0 aromatic heterocycles. The summed E-state index contributed by atoms with van der Waals surface area (Å²) in [6, 6.07) is 15.9. The Morgan fingerprint density at radius 3 is 1.94 bits per heavy atom. The molecule has 0 saturated carbocycles. The number of likely N-dealkylation sites (N-methyl/N-ethyl adjacent to an activating group) is 2. The van der Waals surface area contributed by atoms with E-state index in [-0.39, 0.29) is 78.4 Å². The highest BCUT2D eigenvalue weighted by Gasteiger charge is 2.44. The van der Waals surface area contributed by atoms with E-state index in [1.165, 1.54) is 24.2 Å². The van der Waals surface area contributed by atoms with Gasteiger partial charge >= 0.3 is 5.97 Å². The molecular weight excluding hydrogens is 1030 g/mol. The van der Waals surface area contributed by atoms with Crippen molar-refractivity contribution in [3.8, 4) is 0 Å². The number of hydrogen-bond acceptors (Lipinski definition) is 13. The number of carbonyl (C=O) groups is 8. The van der Waals surface area contributed by atoms with Gasteiger partial charge < -0.3 is 34.6 Å². The summed E-state index contributed by atoms with van der Waals surface area (Å²) in [4.78, 5) is 113.